The summed E-state index contributed by atoms with van der Waals surface area (Å²) in [5, 5.41) is 136. The van der Waals surface area contributed by atoms with E-state index in [-0.39, 0.29) is 85.2 Å². The van der Waals surface area contributed by atoms with Gasteiger partial charge >= 0.3 is 35.8 Å². The molecule has 18 atom stereocenters. The Labute approximate surface area is 744 Å². The third-order valence-corrected chi connectivity index (χ3v) is 25.0. The summed E-state index contributed by atoms with van der Waals surface area (Å²) in [7, 11) is 0. The number of carboxylic acids is 6. The highest BCUT2D eigenvalue weighted by Crippen LogP contribution is 2.52. The van der Waals surface area contributed by atoms with Crippen molar-refractivity contribution in [2.45, 2.75) is 340 Å². The molecule has 9 rings (SSSR count). The summed E-state index contributed by atoms with van der Waals surface area (Å²) in [6, 6.07) is 15.2. The molecule has 32 heteroatoms. The lowest BCUT2D eigenvalue weighted by atomic mass is 9.73. The number of benzene rings is 3. The molecule has 0 saturated heterocycles. The molecule has 3 saturated carbocycles. The normalized spacial score (nSPS) is 22.0. The third kappa shape index (κ3) is 43.5. The molecule has 0 spiro atoms. The Hall–Kier alpha value is -8.60. The van der Waals surface area contributed by atoms with Gasteiger partial charge in [-0.15, -0.1) is 0 Å². The second-order valence-electron chi connectivity index (χ2n) is 34.9. The van der Waals surface area contributed by atoms with Gasteiger partial charge in [0.05, 0.1) is 60.9 Å². The molecule has 32 nitrogen and oxygen atoms in total. The van der Waals surface area contributed by atoms with Crippen LogP contribution < -0.4 is 59.1 Å². The van der Waals surface area contributed by atoms with Crippen molar-refractivity contribution >= 4 is 59.3 Å². The summed E-state index contributed by atoms with van der Waals surface area (Å²) in [6.07, 6.45) is 30.9. The molecule has 0 bridgehead atoms. The van der Waals surface area contributed by atoms with Crippen molar-refractivity contribution in [1.82, 2.24) is 0 Å². The molecule has 6 aliphatic rings. The number of hydrogen-bond donors (Lipinski definition) is 20. The van der Waals surface area contributed by atoms with Gasteiger partial charge in [-0.25, -0.2) is 9.59 Å². The minimum absolute atomic E-state index is 0.138. The van der Waals surface area contributed by atoms with E-state index in [1.54, 1.807) is 6.92 Å². The van der Waals surface area contributed by atoms with Crippen LogP contribution in [0.2, 0.25) is 0 Å². The number of rotatable bonds is 49. The number of amidine groups is 3. The topological polar surface area (TPSA) is 631 Å². The highest BCUT2D eigenvalue weighted by atomic mass is 16.5. The number of hydrogen-bond acceptors (Lipinski definition) is 23. The monoisotopic (exact) mass is 1780 g/mol. The highest BCUT2D eigenvalue weighted by Gasteiger charge is 2.48. The van der Waals surface area contributed by atoms with Crippen LogP contribution in [0.1, 0.15) is 280 Å². The summed E-state index contributed by atoms with van der Waals surface area (Å²) in [5.41, 5.74) is 38.1. The Bertz CT molecular complexity index is 3380. The Morgan fingerprint density at radius 1 is 0.429 bits per heavy atom. The summed E-state index contributed by atoms with van der Waals surface area (Å²) < 4.78 is 20.8. The average Bonchev–Trinajstić information content (AvgIpc) is 1.62. The van der Waals surface area contributed by atoms with E-state index in [2.05, 4.69) is 43.7 Å². The van der Waals surface area contributed by atoms with Crippen LogP contribution in [0.25, 0.3) is 0 Å². The first kappa shape index (κ1) is 112. The summed E-state index contributed by atoms with van der Waals surface area (Å²) in [4.78, 5) is 73.0. The largest absolute Gasteiger partial charge is 0.546 e. The van der Waals surface area contributed by atoms with Gasteiger partial charge in [-0.2, -0.15) is 0 Å². The number of aliphatic hydroxyl groups is 6. The first-order chi connectivity index (χ1) is 59.9. The maximum atomic E-state index is 10.8. The predicted octanol–water partition coefficient (Wildman–Crippen LogP) is 7.85. The van der Waals surface area contributed by atoms with E-state index in [1.165, 1.54) is 23.6 Å². The van der Waals surface area contributed by atoms with Crippen LogP contribution in [-0.4, -0.2) is 197 Å². The number of aliphatic hydroxyl groups excluding tert-OH is 6. The van der Waals surface area contributed by atoms with Gasteiger partial charge in [-0.3, -0.25) is 41.1 Å². The van der Waals surface area contributed by atoms with Crippen LogP contribution in [0, 0.1) is 64.1 Å². The van der Waals surface area contributed by atoms with Crippen LogP contribution in [-0.2, 0) is 76.8 Å². The SMILES string of the molecule is CCCCC[C@H](O)CC[C@@H]1[C@H]2Cc3cccc(OCC(=O)O)c3C[C@H]2C[C@H]1O.CCCCC[C@H](O)CC[C@@H]1[C@H]2Cc3cccc(OCC(=O)O)c3C[C@H]2C[C@H]1O.CCCCC[C@H](O)CC[C@@H]1[C@H]2Cc3cccc(OCC(=O)[O-])c3C[C@H]2C[C@H]1O.CCOC(C)=O.N=C(N)CCCC[C@H](N)C(=O)O.N=C(N)CCCC[C@H](N)C(=O)O.NC(=[NH2+])CCCC[C@H](N)C(=O)O. The number of ether oxygens (including phenoxy) is 4. The van der Waals surface area contributed by atoms with Crippen LogP contribution in [0.5, 0.6) is 17.2 Å². The van der Waals surface area contributed by atoms with Crippen molar-refractivity contribution < 1.29 is 119 Å². The second kappa shape index (κ2) is 61.8. The molecule has 0 amide bonds. The zero-order valence-corrected chi connectivity index (χ0v) is 75.4. The Balaban J connectivity index is 0.000000400. The van der Waals surface area contributed by atoms with Crippen LogP contribution in [0.4, 0.5) is 0 Å². The number of carbonyl (C=O) groups excluding carboxylic acids is 2. The fourth-order valence-corrected chi connectivity index (χ4v) is 18.3. The molecule has 0 heterocycles. The number of unbranched alkanes of at least 4 members (excludes halogenated alkanes) is 9. The molecular weight excluding hydrogens is 1620 g/mol. The van der Waals surface area contributed by atoms with Crippen molar-refractivity contribution in [1.29, 1.82) is 10.8 Å². The molecule has 6 aliphatic carbocycles. The molecule has 0 radical (unpaired) electrons. The third-order valence-electron chi connectivity index (χ3n) is 25.0. The number of carbonyl (C=O) groups is 7. The lowest BCUT2D eigenvalue weighted by molar-refractivity contribution is -0.307. The van der Waals surface area contributed by atoms with E-state index in [4.69, 9.17) is 90.4 Å². The van der Waals surface area contributed by atoms with Crippen LogP contribution in [0.15, 0.2) is 54.6 Å². The molecule has 3 fully saturated rings. The average molecular weight is 1780 g/mol. The van der Waals surface area contributed by atoms with Crippen molar-refractivity contribution in [3.63, 3.8) is 0 Å². The smallest absolute Gasteiger partial charge is 0.341 e. The van der Waals surface area contributed by atoms with Gasteiger partial charge in [-0.05, 0) is 266 Å². The Kier molecular flexibility index (Phi) is 54.7. The number of fused-ring (bicyclic) bond motifs is 6. The number of nitrogens with one attached hydrogen (secondary N) is 2. The van der Waals surface area contributed by atoms with Gasteiger partial charge in [0.2, 0.25) is 5.84 Å². The summed E-state index contributed by atoms with van der Waals surface area (Å²) >= 11 is 0. The maximum Gasteiger partial charge on any atom is 0.341 e. The standard InChI is InChI=1S/3C23H34O5.3C7H15N3O2.C4H8O2/c3*1-2-3-4-7-17(24)9-10-18-19-11-15-6-5-8-22(28-14-23(26)27)20(15)12-16(19)13-21(18)25;3*8-5(7(11)12)3-1-2-4-6(9)10;1-3-6-4(2)5/h3*5-6,8,16-19,21,24-25H,2-4,7,9-14H2,1H3,(H,26,27);3*5H,1-4,8H2,(H3,9,10)(H,11,12);3H2,1-2H3/t3*16-,17-,18+,19-,21+;3*5-;/m000000./s1. The fourth-order valence-electron chi connectivity index (χ4n) is 18.3. The van der Waals surface area contributed by atoms with Crippen molar-refractivity contribution in [2.75, 3.05) is 26.4 Å². The molecular formula is C94H155N9O23. The molecule has 3 aromatic carbocycles. The zero-order valence-electron chi connectivity index (χ0n) is 75.4. The molecule has 0 unspecified atom stereocenters. The van der Waals surface area contributed by atoms with Gasteiger partial charge in [0.1, 0.15) is 42.0 Å². The minimum Gasteiger partial charge on any atom is -0.546 e. The van der Waals surface area contributed by atoms with E-state index < -0.39 is 60.5 Å². The van der Waals surface area contributed by atoms with Crippen molar-refractivity contribution in [2.24, 2.45) is 87.7 Å². The molecule has 3 aromatic rings. The first-order valence-corrected chi connectivity index (χ1v) is 45.9. The summed E-state index contributed by atoms with van der Waals surface area (Å²) in [5.74, 6) is -0.477. The molecule has 714 valence electrons. The van der Waals surface area contributed by atoms with E-state index in [1.807, 2.05) is 36.4 Å². The van der Waals surface area contributed by atoms with Crippen molar-refractivity contribution in [3.05, 3.63) is 88.0 Å². The first-order valence-electron chi connectivity index (χ1n) is 45.9. The van der Waals surface area contributed by atoms with E-state index in [0.29, 0.717) is 117 Å². The van der Waals surface area contributed by atoms with Gasteiger partial charge < -0.3 is 114 Å². The second-order valence-corrected chi connectivity index (χ2v) is 34.9. The molecule has 0 aliphatic heterocycles. The van der Waals surface area contributed by atoms with Crippen LogP contribution in [0.3, 0.4) is 0 Å². The Morgan fingerprint density at radius 2 is 0.714 bits per heavy atom. The fraction of sp³-hybridized carbons (Fsp3) is 0.702. The zero-order chi connectivity index (χ0) is 94.0. The number of esters is 1. The molecule has 0 aromatic heterocycles. The maximum absolute atomic E-state index is 10.8. The van der Waals surface area contributed by atoms with E-state index in [0.717, 1.165) is 216 Å². The van der Waals surface area contributed by atoms with Gasteiger partial charge in [0, 0.05) is 26.2 Å². The van der Waals surface area contributed by atoms with Crippen molar-refractivity contribution in [3.8, 4) is 17.2 Å². The summed E-state index contributed by atoms with van der Waals surface area (Å²) in [6.45, 7) is 9.06. The van der Waals surface area contributed by atoms with Gasteiger partial charge in [0.25, 0.3) is 0 Å². The van der Waals surface area contributed by atoms with E-state index >= 15 is 0 Å². The highest BCUT2D eigenvalue weighted by molar-refractivity contribution is 5.77. The number of carboxylic acid groups (broad SMARTS) is 6. The van der Waals surface area contributed by atoms with Gasteiger partial charge in [-0.1, -0.05) is 134 Å². The molecule has 27 N–H and O–H groups in total. The lowest BCUT2D eigenvalue weighted by Crippen LogP contribution is -2.45. The number of nitrogens with two attached hydrogens (primary N) is 7. The lowest BCUT2D eigenvalue weighted by Gasteiger charge is -2.32. The quantitative estimate of drug-likeness (QED) is 0.0111. The van der Waals surface area contributed by atoms with E-state index in [9.17, 15) is 69.3 Å². The van der Waals surface area contributed by atoms with Crippen LogP contribution >= 0.6 is 0 Å². The molecule has 126 heavy (non-hydrogen) atoms. The minimum atomic E-state index is -1.22. The number of aliphatic carboxylic acids is 6. The van der Waals surface area contributed by atoms with Gasteiger partial charge in [0.15, 0.2) is 13.2 Å². The predicted molar refractivity (Wildman–Crippen MR) is 479 cm³/mol. The Morgan fingerprint density at radius 3 is 0.952 bits per heavy atom.